The Morgan fingerprint density at radius 3 is 1.30 bits per heavy atom. The van der Waals surface area contributed by atoms with Gasteiger partial charge in [-0.2, -0.15) is 0 Å². The molecule has 0 atom stereocenters. The van der Waals surface area contributed by atoms with E-state index in [9.17, 15) is 0 Å². The Morgan fingerprint density at radius 1 is 0.397 bits per heavy atom. The van der Waals surface area contributed by atoms with Crippen molar-refractivity contribution in [2.45, 2.75) is 62.3 Å². The van der Waals surface area contributed by atoms with Crippen LogP contribution in [0, 0.1) is 55.4 Å². The number of nitrogens with zero attached hydrogens (tertiary/aromatic N) is 5. The van der Waals surface area contributed by atoms with Crippen LogP contribution in [0.3, 0.4) is 0 Å². The van der Waals surface area contributed by atoms with Crippen molar-refractivity contribution >= 4 is 49.6 Å². The van der Waals surface area contributed by atoms with E-state index in [1.807, 2.05) is 0 Å². The fourth-order valence-corrected chi connectivity index (χ4v) is 9.52. The quantitative estimate of drug-likeness (QED) is 0.0914. The van der Waals surface area contributed by atoms with Gasteiger partial charge in [0.2, 0.25) is 0 Å². The van der Waals surface area contributed by atoms with E-state index in [4.69, 9.17) is 24.9 Å². The Morgan fingerprint density at radius 2 is 0.794 bits per heavy atom. The summed E-state index contributed by atoms with van der Waals surface area (Å²) in [6, 6.07) is 47.1. The molecule has 0 unspecified atom stereocenters. The summed E-state index contributed by atoms with van der Waals surface area (Å²) in [5, 5.41) is 6.49. The Kier molecular flexibility index (Phi) is 10.7. The molecule has 0 radical (unpaired) electrons. The lowest BCUT2D eigenvalue weighted by atomic mass is 9.90. The maximum atomic E-state index is 5.38. The number of rotatable bonds is 7. The van der Waals surface area contributed by atoms with Crippen LogP contribution in [0.15, 0.2) is 150 Å². The molecular formula is C58H51N5. The van der Waals surface area contributed by atoms with E-state index in [2.05, 4.69) is 202 Å². The highest BCUT2D eigenvalue weighted by atomic mass is 15.0. The van der Waals surface area contributed by atoms with E-state index < -0.39 is 0 Å². The van der Waals surface area contributed by atoms with Gasteiger partial charge in [-0.25, -0.2) is 24.9 Å². The molecule has 0 aliphatic heterocycles. The molecule has 1 aromatic heterocycles. The van der Waals surface area contributed by atoms with Crippen LogP contribution in [0.2, 0.25) is 0 Å². The number of fused-ring (bicyclic) bond motifs is 5. The summed E-state index contributed by atoms with van der Waals surface area (Å²) in [5.74, 6) is 2.62. The minimum Gasteiger partial charge on any atom is -0.233 e. The third-order valence-corrected chi connectivity index (χ3v) is 12.5. The topological polar surface area (TPSA) is 63.4 Å². The Labute approximate surface area is 370 Å². The van der Waals surface area contributed by atoms with Gasteiger partial charge in [-0.05, 0) is 151 Å². The third-order valence-electron chi connectivity index (χ3n) is 12.5. The second-order valence-electron chi connectivity index (χ2n) is 17.0. The van der Waals surface area contributed by atoms with Crippen molar-refractivity contribution in [1.82, 2.24) is 15.0 Å². The van der Waals surface area contributed by atoms with Crippen LogP contribution < -0.4 is 0 Å². The number of aliphatic imine (C=N–C) groups is 2. The molecular weight excluding hydrogens is 767 g/mol. The molecule has 0 saturated carbocycles. The van der Waals surface area contributed by atoms with Gasteiger partial charge < -0.3 is 0 Å². The molecule has 308 valence electrons. The van der Waals surface area contributed by atoms with E-state index in [1.54, 1.807) is 0 Å². The highest BCUT2D eigenvalue weighted by Gasteiger charge is 2.22. The maximum Gasteiger partial charge on any atom is 0.164 e. The summed E-state index contributed by atoms with van der Waals surface area (Å²) in [6.07, 6.45) is 0. The van der Waals surface area contributed by atoms with Crippen molar-refractivity contribution in [3.8, 4) is 34.2 Å². The number of aryl methyl sites for hydroxylation is 8. The lowest BCUT2D eigenvalue weighted by Gasteiger charge is -2.17. The standard InChI is InChI=1S/C58H51N5/c1-33-19-15-20-34(2)51(33)42(10)60-56(52-35(3)21-16-22-36(52)4)59-41(9)47-31-48-45-29-13-14-30-46(45)50(32-49(48)44-28-12-11-27-43(44)47)55-61-57(53-37(5)23-17-24-38(53)6)63-58(62-55)54-39(7)25-18-26-40(54)8/h11-32H,9H2,1-8,10H3. The van der Waals surface area contributed by atoms with Crippen LogP contribution in [0.4, 0.5) is 0 Å². The van der Waals surface area contributed by atoms with Gasteiger partial charge in [-0.1, -0.05) is 128 Å². The predicted octanol–water partition coefficient (Wildman–Crippen LogP) is 14.7. The first-order chi connectivity index (χ1) is 30.4. The first-order valence-corrected chi connectivity index (χ1v) is 21.6. The molecule has 9 aromatic rings. The molecule has 0 amide bonds. The van der Waals surface area contributed by atoms with Gasteiger partial charge in [0.1, 0.15) is 0 Å². The third kappa shape index (κ3) is 7.44. The second-order valence-corrected chi connectivity index (χ2v) is 17.0. The number of hydrogen-bond donors (Lipinski definition) is 0. The minimum atomic E-state index is 0.635. The molecule has 0 spiro atoms. The van der Waals surface area contributed by atoms with Crippen LogP contribution in [0.5, 0.6) is 0 Å². The zero-order chi connectivity index (χ0) is 44.1. The molecule has 8 aromatic carbocycles. The Bertz CT molecular complexity index is 3250. The molecule has 1 heterocycles. The van der Waals surface area contributed by atoms with Crippen LogP contribution in [0.1, 0.15) is 68.1 Å². The molecule has 0 aliphatic rings. The molecule has 5 heteroatoms. The molecule has 0 aliphatic carbocycles. The SMILES string of the molecule is C=C(N=C(N=C(C)c1c(C)cccc1C)c1c(C)cccc1C)c1cc2c3ccccc3c(-c3nc(-c4c(C)cccc4C)nc(-c4c(C)cccc4C)n3)cc2c2ccccc12. The van der Waals surface area contributed by atoms with Gasteiger partial charge in [0.15, 0.2) is 23.3 Å². The smallest absolute Gasteiger partial charge is 0.164 e. The zero-order valence-electron chi connectivity index (χ0n) is 37.6. The summed E-state index contributed by atoms with van der Waals surface area (Å²) in [7, 11) is 0. The molecule has 0 saturated heterocycles. The van der Waals surface area contributed by atoms with E-state index >= 15 is 0 Å². The number of benzene rings is 8. The van der Waals surface area contributed by atoms with E-state index in [1.165, 1.54) is 11.1 Å². The summed E-state index contributed by atoms with van der Waals surface area (Å²) < 4.78 is 0. The lowest BCUT2D eigenvalue weighted by Crippen LogP contribution is -2.09. The second kappa shape index (κ2) is 16.5. The Balaban J connectivity index is 1.30. The average molecular weight is 818 g/mol. The highest BCUT2D eigenvalue weighted by Crippen LogP contribution is 2.41. The van der Waals surface area contributed by atoms with Gasteiger partial charge >= 0.3 is 0 Å². The molecule has 5 nitrogen and oxygen atoms in total. The van der Waals surface area contributed by atoms with Crippen molar-refractivity contribution in [2.24, 2.45) is 9.98 Å². The van der Waals surface area contributed by atoms with Crippen LogP contribution in [-0.2, 0) is 0 Å². The van der Waals surface area contributed by atoms with Crippen molar-refractivity contribution in [3.63, 3.8) is 0 Å². The summed E-state index contributed by atoms with van der Waals surface area (Å²) in [4.78, 5) is 26.6. The first-order valence-electron chi connectivity index (χ1n) is 21.6. The van der Waals surface area contributed by atoms with Gasteiger partial charge in [0.25, 0.3) is 0 Å². The molecule has 0 N–H and O–H groups in total. The number of amidine groups is 1. The fourth-order valence-electron chi connectivity index (χ4n) is 9.52. The van der Waals surface area contributed by atoms with Gasteiger partial charge in [0, 0.05) is 39.1 Å². The molecule has 9 rings (SSSR count). The number of hydrogen-bond acceptors (Lipinski definition) is 4. The predicted molar refractivity (Wildman–Crippen MR) is 267 cm³/mol. The maximum absolute atomic E-state index is 5.38. The first kappa shape index (κ1) is 41.0. The monoisotopic (exact) mass is 817 g/mol. The van der Waals surface area contributed by atoms with Gasteiger partial charge in [0.05, 0.1) is 5.70 Å². The van der Waals surface area contributed by atoms with E-state index in [0.29, 0.717) is 29.0 Å². The largest absolute Gasteiger partial charge is 0.233 e. The average Bonchev–Trinajstić information content (AvgIpc) is 3.25. The normalized spacial score (nSPS) is 12.1. The van der Waals surface area contributed by atoms with Crippen LogP contribution >= 0.6 is 0 Å². The van der Waals surface area contributed by atoms with Crippen molar-refractivity contribution in [2.75, 3.05) is 0 Å². The van der Waals surface area contributed by atoms with Crippen LogP contribution in [0.25, 0.3) is 72.2 Å². The highest BCUT2D eigenvalue weighted by molar-refractivity contribution is 6.23. The summed E-state index contributed by atoms with van der Waals surface area (Å²) in [6.45, 7) is 23.8. The minimum absolute atomic E-state index is 0.635. The molecule has 63 heavy (non-hydrogen) atoms. The number of aromatic nitrogens is 3. The summed E-state index contributed by atoms with van der Waals surface area (Å²) in [5.41, 5.74) is 16.8. The lowest BCUT2D eigenvalue weighted by molar-refractivity contribution is 1.06. The fraction of sp³-hybridized carbons (Fsp3) is 0.155. The molecule has 0 bridgehead atoms. The Hall–Kier alpha value is -7.37. The van der Waals surface area contributed by atoms with Crippen molar-refractivity contribution in [1.29, 1.82) is 0 Å². The van der Waals surface area contributed by atoms with E-state index in [0.717, 1.165) is 105 Å². The van der Waals surface area contributed by atoms with Crippen molar-refractivity contribution < 1.29 is 0 Å². The van der Waals surface area contributed by atoms with Gasteiger partial charge in [-0.15, -0.1) is 0 Å². The zero-order valence-corrected chi connectivity index (χ0v) is 37.6. The van der Waals surface area contributed by atoms with Crippen LogP contribution in [-0.4, -0.2) is 26.5 Å². The summed E-state index contributed by atoms with van der Waals surface area (Å²) >= 11 is 0. The van der Waals surface area contributed by atoms with E-state index in [-0.39, 0.29) is 0 Å². The molecule has 0 fully saturated rings. The van der Waals surface area contributed by atoms with Crippen molar-refractivity contribution in [3.05, 3.63) is 201 Å². The van der Waals surface area contributed by atoms with Gasteiger partial charge in [-0.3, -0.25) is 0 Å².